The molecule has 2 heterocycles. The number of piperazine rings is 1. The van der Waals surface area contributed by atoms with Crippen LogP contribution in [-0.2, 0) is 0 Å². The van der Waals surface area contributed by atoms with E-state index in [2.05, 4.69) is 37.6 Å². The molecule has 0 spiro atoms. The summed E-state index contributed by atoms with van der Waals surface area (Å²) in [5.41, 5.74) is 2.83. The second kappa shape index (κ2) is 17.3. The van der Waals surface area contributed by atoms with E-state index in [-0.39, 0.29) is 49.6 Å². The second-order valence-electron chi connectivity index (χ2n) is 12.8. The maximum Gasteiger partial charge on any atom is 0.0737 e. The van der Waals surface area contributed by atoms with E-state index >= 15 is 0 Å². The van der Waals surface area contributed by atoms with E-state index in [4.69, 9.17) is 11.6 Å². The monoisotopic (exact) mass is 667 g/mol. The van der Waals surface area contributed by atoms with Gasteiger partial charge in [0, 0.05) is 55.0 Å². The smallest absolute Gasteiger partial charge is 0.0737 e. The van der Waals surface area contributed by atoms with E-state index in [9.17, 15) is 0 Å². The molecule has 1 aromatic heterocycles. The molecule has 5 aliphatic rings. The molecule has 5 fully saturated rings. The minimum atomic E-state index is 0. The van der Waals surface area contributed by atoms with Crippen LogP contribution in [0.4, 0.5) is 5.69 Å². The topological polar surface area (TPSA) is 43.4 Å². The predicted octanol–water partition coefficient (Wildman–Crippen LogP) is 7.58. The number of nitrogens with zero attached hydrogens (tertiary/aromatic N) is 3. The molecule has 1 aromatic carbocycles. The average molecular weight is 670 g/mol. The van der Waals surface area contributed by atoms with E-state index in [1.54, 1.807) is 38.5 Å². The van der Waals surface area contributed by atoms with Crippen molar-refractivity contribution >= 4 is 77.8 Å². The van der Waals surface area contributed by atoms with Crippen molar-refractivity contribution in [2.45, 2.75) is 57.8 Å². The minimum Gasteiger partial charge on any atom is -0.384 e. The standard InChI is InChI=1S/C31H46ClN5.4ClH/c32-27-3-4-28-29(5-9-35-30(28)20-27)34-8-2-12-37-15-13-36(14-16-37)11-1-7-33-10-6-31-21-24-17-25(22-31)19-26(18-24)23-31;;;;/h3-5,9,20,24-26,33H,1-2,6-8,10-19,21-23H2,(H,34,35);4*1H. The van der Waals surface area contributed by atoms with Crippen molar-refractivity contribution in [3.05, 3.63) is 35.5 Å². The first kappa shape index (κ1) is 36.9. The molecule has 4 aliphatic carbocycles. The van der Waals surface area contributed by atoms with Crippen molar-refractivity contribution < 1.29 is 0 Å². The largest absolute Gasteiger partial charge is 0.384 e. The number of nitrogens with one attached hydrogen (secondary N) is 2. The normalized spacial score (nSPS) is 26.9. The number of anilines is 1. The number of aromatic nitrogens is 1. The maximum atomic E-state index is 6.12. The number of rotatable bonds is 12. The van der Waals surface area contributed by atoms with Gasteiger partial charge < -0.3 is 20.4 Å². The SMILES string of the molecule is Cl.Cl.Cl.Cl.Clc1ccc2c(NCCCN3CCN(CCCNCCC45CC6CC(CC(C6)C4)C5)CC3)ccnc2c1. The van der Waals surface area contributed by atoms with Crippen LogP contribution in [-0.4, -0.2) is 73.7 Å². The Bertz CT molecular complexity index is 1010. The van der Waals surface area contributed by atoms with Crippen molar-refractivity contribution in [2.75, 3.05) is 64.2 Å². The Hall–Kier alpha value is -0.240. The number of hydrogen-bond acceptors (Lipinski definition) is 5. The van der Waals surface area contributed by atoms with Gasteiger partial charge in [-0.15, -0.1) is 49.6 Å². The van der Waals surface area contributed by atoms with Gasteiger partial charge in [-0.25, -0.2) is 0 Å². The van der Waals surface area contributed by atoms with Crippen molar-refractivity contribution in [3.8, 4) is 0 Å². The summed E-state index contributed by atoms with van der Waals surface area (Å²) in [7, 11) is 0. The van der Waals surface area contributed by atoms with Gasteiger partial charge in [0.2, 0.25) is 0 Å². The fourth-order valence-corrected chi connectivity index (χ4v) is 8.71. The van der Waals surface area contributed by atoms with Gasteiger partial charge in [-0.3, -0.25) is 4.98 Å². The molecule has 4 saturated carbocycles. The van der Waals surface area contributed by atoms with Gasteiger partial charge in [0.1, 0.15) is 0 Å². The highest BCUT2D eigenvalue weighted by Gasteiger charge is 2.50. The Labute approximate surface area is 277 Å². The van der Waals surface area contributed by atoms with E-state index in [0.29, 0.717) is 0 Å². The molecule has 0 amide bonds. The third kappa shape index (κ3) is 9.62. The highest BCUT2D eigenvalue weighted by Crippen LogP contribution is 2.61. The minimum absolute atomic E-state index is 0. The fourth-order valence-electron chi connectivity index (χ4n) is 8.54. The highest BCUT2D eigenvalue weighted by atomic mass is 35.5. The summed E-state index contributed by atoms with van der Waals surface area (Å²) in [6.07, 6.45) is 15.1. The average Bonchev–Trinajstić information content (AvgIpc) is 2.88. The molecular formula is C31H50Cl5N5. The Morgan fingerprint density at radius 2 is 1.37 bits per heavy atom. The summed E-state index contributed by atoms with van der Waals surface area (Å²) >= 11 is 6.12. The summed E-state index contributed by atoms with van der Waals surface area (Å²) in [6, 6.07) is 7.99. The lowest BCUT2D eigenvalue weighted by molar-refractivity contribution is -0.0567. The van der Waals surface area contributed by atoms with Crippen LogP contribution < -0.4 is 10.6 Å². The van der Waals surface area contributed by atoms with Crippen LogP contribution in [0.15, 0.2) is 30.5 Å². The molecule has 41 heavy (non-hydrogen) atoms. The molecule has 0 atom stereocenters. The second-order valence-corrected chi connectivity index (χ2v) is 13.2. The van der Waals surface area contributed by atoms with Gasteiger partial charge >= 0.3 is 0 Å². The lowest BCUT2D eigenvalue weighted by Gasteiger charge is -2.57. The Morgan fingerprint density at radius 3 is 1.98 bits per heavy atom. The van der Waals surface area contributed by atoms with Crippen LogP contribution in [0.25, 0.3) is 10.9 Å². The zero-order valence-corrected chi connectivity index (χ0v) is 28.2. The van der Waals surface area contributed by atoms with Crippen LogP contribution in [0, 0.1) is 23.2 Å². The van der Waals surface area contributed by atoms with Crippen LogP contribution >= 0.6 is 61.2 Å². The fraction of sp³-hybridized carbons (Fsp3) is 0.710. The predicted molar refractivity (Wildman–Crippen MR) is 184 cm³/mol. The first-order valence-corrected chi connectivity index (χ1v) is 15.5. The van der Waals surface area contributed by atoms with Crippen LogP contribution in [0.3, 0.4) is 0 Å². The number of benzene rings is 1. The third-order valence-corrected chi connectivity index (χ3v) is 10.2. The van der Waals surface area contributed by atoms with Gasteiger partial charge in [0.25, 0.3) is 0 Å². The molecule has 4 bridgehead atoms. The summed E-state index contributed by atoms with van der Waals surface area (Å²) < 4.78 is 0. The quantitative estimate of drug-likeness (QED) is 0.228. The van der Waals surface area contributed by atoms with Crippen LogP contribution in [0.1, 0.15) is 57.8 Å². The van der Waals surface area contributed by atoms with E-state index in [1.165, 1.54) is 65.2 Å². The highest BCUT2D eigenvalue weighted by molar-refractivity contribution is 6.31. The lowest BCUT2D eigenvalue weighted by atomic mass is 9.49. The Balaban J connectivity index is 0.00000147. The summed E-state index contributed by atoms with van der Waals surface area (Å²) in [5.74, 6) is 3.26. The first-order valence-electron chi connectivity index (χ1n) is 15.1. The van der Waals surface area contributed by atoms with Gasteiger partial charge in [-0.1, -0.05) is 11.6 Å². The van der Waals surface area contributed by atoms with Gasteiger partial charge in [-0.2, -0.15) is 0 Å². The number of halogens is 5. The number of pyridine rings is 1. The molecule has 0 unspecified atom stereocenters. The zero-order valence-electron chi connectivity index (χ0n) is 24.2. The summed E-state index contributed by atoms with van der Waals surface area (Å²) in [4.78, 5) is 9.74. The van der Waals surface area contributed by atoms with E-state index < -0.39 is 0 Å². The molecule has 0 radical (unpaired) electrons. The van der Waals surface area contributed by atoms with Crippen LogP contribution in [0.2, 0.25) is 5.02 Å². The molecule has 1 saturated heterocycles. The summed E-state index contributed by atoms with van der Waals surface area (Å²) in [6.45, 7) is 10.7. The Kier molecular flexibility index (Phi) is 15.6. The van der Waals surface area contributed by atoms with Crippen molar-refractivity contribution in [1.29, 1.82) is 0 Å². The molecule has 2 N–H and O–H groups in total. The molecule has 10 heteroatoms. The molecule has 7 rings (SSSR count). The summed E-state index contributed by atoms with van der Waals surface area (Å²) in [5, 5.41) is 9.30. The first-order chi connectivity index (χ1) is 18.1. The molecular weight excluding hydrogens is 620 g/mol. The van der Waals surface area contributed by atoms with Crippen LogP contribution in [0.5, 0.6) is 0 Å². The Morgan fingerprint density at radius 1 is 0.780 bits per heavy atom. The molecule has 5 nitrogen and oxygen atoms in total. The molecule has 1 aliphatic heterocycles. The molecule has 2 aromatic rings. The van der Waals surface area contributed by atoms with Crippen molar-refractivity contribution in [1.82, 2.24) is 20.1 Å². The molecule has 234 valence electrons. The van der Waals surface area contributed by atoms with Gasteiger partial charge in [0.05, 0.1) is 5.52 Å². The van der Waals surface area contributed by atoms with Crippen molar-refractivity contribution in [2.24, 2.45) is 23.2 Å². The third-order valence-electron chi connectivity index (χ3n) is 9.96. The van der Waals surface area contributed by atoms with E-state index in [1.807, 2.05) is 18.3 Å². The van der Waals surface area contributed by atoms with Gasteiger partial charge in [0.15, 0.2) is 0 Å². The lowest BCUT2D eigenvalue weighted by Crippen LogP contribution is -2.47. The number of fused-ring (bicyclic) bond motifs is 1. The van der Waals surface area contributed by atoms with Gasteiger partial charge in [-0.05, 0) is 131 Å². The van der Waals surface area contributed by atoms with Crippen molar-refractivity contribution in [3.63, 3.8) is 0 Å². The zero-order chi connectivity index (χ0) is 25.1. The maximum absolute atomic E-state index is 6.12. The van der Waals surface area contributed by atoms with E-state index in [0.717, 1.165) is 57.7 Å². The number of hydrogen-bond donors (Lipinski definition) is 2.